The molecule has 0 aromatic carbocycles. The largest absolute Gasteiger partial charge is 0.344 e. The van der Waals surface area contributed by atoms with Gasteiger partial charge in [-0.05, 0) is 19.1 Å². The Balaban J connectivity index is 1.95. The fourth-order valence-corrected chi connectivity index (χ4v) is 2.29. The number of rotatable bonds is 4. The van der Waals surface area contributed by atoms with E-state index in [1.165, 1.54) is 4.88 Å². The van der Waals surface area contributed by atoms with Crippen molar-refractivity contribution in [2.45, 2.75) is 33.2 Å². The first-order valence-electron chi connectivity index (χ1n) is 5.82. The maximum Gasteiger partial charge on any atom is 0.291 e. The first-order chi connectivity index (χ1) is 8.56. The van der Waals surface area contributed by atoms with Crippen LogP contribution in [-0.4, -0.2) is 21.1 Å². The third kappa shape index (κ3) is 2.95. The van der Waals surface area contributed by atoms with Gasteiger partial charge in [-0.1, -0.05) is 13.8 Å². The van der Waals surface area contributed by atoms with Gasteiger partial charge in [0.25, 0.3) is 5.91 Å². The summed E-state index contributed by atoms with van der Waals surface area (Å²) in [7, 11) is 0. The average molecular weight is 264 g/mol. The lowest BCUT2D eigenvalue weighted by molar-refractivity contribution is 0.0941. The van der Waals surface area contributed by atoms with Crippen molar-refractivity contribution in [3.63, 3.8) is 0 Å². The smallest absolute Gasteiger partial charge is 0.291 e. The molecule has 2 heterocycles. The lowest BCUT2D eigenvalue weighted by Gasteiger charge is -1.99. The third-order valence-electron chi connectivity index (χ3n) is 2.47. The number of aryl methyl sites for hydroxylation is 1. The molecule has 2 rings (SSSR count). The Morgan fingerprint density at radius 3 is 2.83 bits per heavy atom. The Hall–Kier alpha value is -1.69. The number of nitrogens with zero attached hydrogens (tertiary/aromatic N) is 2. The van der Waals surface area contributed by atoms with Crippen LogP contribution in [0.2, 0.25) is 0 Å². The minimum absolute atomic E-state index is 0.201. The zero-order valence-electron chi connectivity index (χ0n) is 10.7. The molecule has 0 fully saturated rings. The van der Waals surface area contributed by atoms with Gasteiger partial charge in [0, 0.05) is 15.7 Å². The monoisotopic (exact) mass is 264 g/mol. The number of aromatic nitrogens is 3. The van der Waals surface area contributed by atoms with Crippen LogP contribution in [0.15, 0.2) is 12.1 Å². The molecular weight excluding hydrogens is 248 g/mol. The van der Waals surface area contributed by atoms with E-state index in [4.69, 9.17) is 0 Å². The van der Waals surface area contributed by atoms with Gasteiger partial charge in [0.2, 0.25) is 5.82 Å². The number of nitrogens with one attached hydrogen (secondary N) is 2. The number of hydrogen-bond acceptors (Lipinski definition) is 4. The summed E-state index contributed by atoms with van der Waals surface area (Å²) in [4.78, 5) is 18.3. The first kappa shape index (κ1) is 12.8. The van der Waals surface area contributed by atoms with E-state index in [-0.39, 0.29) is 17.6 Å². The number of thiophene rings is 1. The summed E-state index contributed by atoms with van der Waals surface area (Å²) in [6.07, 6.45) is 0. The van der Waals surface area contributed by atoms with E-state index >= 15 is 0 Å². The van der Waals surface area contributed by atoms with Gasteiger partial charge in [0.15, 0.2) is 0 Å². The molecule has 18 heavy (non-hydrogen) atoms. The van der Waals surface area contributed by atoms with Gasteiger partial charge in [-0.25, -0.2) is 4.98 Å². The summed E-state index contributed by atoms with van der Waals surface area (Å²) >= 11 is 1.67. The van der Waals surface area contributed by atoms with Crippen molar-refractivity contribution in [2.75, 3.05) is 0 Å². The lowest BCUT2D eigenvalue weighted by Crippen LogP contribution is -2.23. The third-order valence-corrected chi connectivity index (χ3v) is 3.47. The Morgan fingerprint density at radius 2 is 2.28 bits per heavy atom. The van der Waals surface area contributed by atoms with Crippen molar-refractivity contribution >= 4 is 17.2 Å². The highest BCUT2D eigenvalue weighted by molar-refractivity contribution is 7.11. The van der Waals surface area contributed by atoms with Crippen LogP contribution in [0.3, 0.4) is 0 Å². The number of aromatic amines is 1. The van der Waals surface area contributed by atoms with Crippen molar-refractivity contribution in [1.29, 1.82) is 0 Å². The van der Waals surface area contributed by atoms with Crippen molar-refractivity contribution in [3.8, 4) is 0 Å². The van der Waals surface area contributed by atoms with Gasteiger partial charge in [0.1, 0.15) is 5.82 Å². The molecule has 0 saturated heterocycles. The van der Waals surface area contributed by atoms with Crippen LogP contribution in [0.5, 0.6) is 0 Å². The highest BCUT2D eigenvalue weighted by atomic mass is 32.1. The van der Waals surface area contributed by atoms with Crippen LogP contribution >= 0.6 is 11.3 Å². The Kier molecular flexibility index (Phi) is 3.76. The highest BCUT2D eigenvalue weighted by Gasteiger charge is 2.13. The number of H-pyrrole nitrogens is 1. The van der Waals surface area contributed by atoms with Crippen LogP contribution in [0.4, 0.5) is 0 Å². The van der Waals surface area contributed by atoms with Crippen LogP contribution in [-0.2, 0) is 6.54 Å². The number of carbonyl (C=O) groups is 1. The molecule has 2 aromatic heterocycles. The molecule has 0 atom stereocenters. The van der Waals surface area contributed by atoms with Gasteiger partial charge in [-0.3, -0.25) is 9.89 Å². The fourth-order valence-electron chi connectivity index (χ4n) is 1.46. The Morgan fingerprint density at radius 1 is 1.50 bits per heavy atom. The van der Waals surface area contributed by atoms with Gasteiger partial charge in [-0.15, -0.1) is 16.4 Å². The Labute approximate surface area is 110 Å². The van der Waals surface area contributed by atoms with Crippen LogP contribution in [0.1, 0.15) is 46.0 Å². The highest BCUT2D eigenvalue weighted by Crippen LogP contribution is 2.14. The van der Waals surface area contributed by atoms with E-state index < -0.39 is 0 Å². The molecule has 1 amide bonds. The zero-order valence-corrected chi connectivity index (χ0v) is 11.5. The molecule has 0 aliphatic heterocycles. The topological polar surface area (TPSA) is 70.7 Å². The summed E-state index contributed by atoms with van der Waals surface area (Å²) < 4.78 is 0. The normalized spacial score (nSPS) is 10.9. The van der Waals surface area contributed by atoms with E-state index in [2.05, 4.69) is 20.5 Å². The second-order valence-electron chi connectivity index (χ2n) is 4.39. The molecule has 2 aromatic rings. The van der Waals surface area contributed by atoms with Gasteiger partial charge < -0.3 is 5.32 Å². The summed E-state index contributed by atoms with van der Waals surface area (Å²) in [5, 5.41) is 9.49. The molecule has 2 N–H and O–H groups in total. The van der Waals surface area contributed by atoms with Crippen molar-refractivity contribution in [3.05, 3.63) is 33.5 Å². The molecule has 6 heteroatoms. The summed E-state index contributed by atoms with van der Waals surface area (Å²) in [6, 6.07) is 4.05. The minimum Gasteiger partial charge on any atom is -0.344 e. The fraction of sp³-hybridized carbons (Fsp3) is 0.417. The van der Waals surface area contributed by atoms with E-state index in [0.717, 1.165) is 10.7 Å². The standard InChI is InChI=1S/C12H16N4OS/c1-7(2)10-14-11(16-15-10)12(17)13-6-9-5-4-8(3)18-9/h4-5,7H,6H2,1-3H3,(H,13,17)(H,14,15,16). The quantitative estimate of drug-likeness (QED) is 0.889. The van der Waals surface area contributed by atoms with Crippen LogP contribution in [0, 0.1) is 6.92 Å². The molecule has 0 aliphatic carbocycles. The summed E-state index contributed by atoms with van der Waals surface area (Å²) in [6.45, 7) is 6.55. The first-order valence-corrected chi connectivity index (χ1v) is 6.63. The molecule has 0 aliphatic rings. The van der Waals surface area contributed by atoms with Gasteiger partial charge in [0.05, 0.1) is 6.54 Å². The number of amides is 1. The number of carbonyl (C=O) groups excluding carboxylic acids is 1. The molecule has 0 radical (unpaired) electrons. The summed E-state index contributed by atoms with van der Waals surface area (Å²) in [5.41, 5.74) is 0. The predicted octanol–water partition coefficient (Wildman–Crippen LogP) is 2.23. The van der Waals surface area contributed by atoms with Crippen molar-refractivity contribution in [1.82, 2.24) is 20.5 Å². The molecule has 0 unspecified atom stereocenters. The van der Waals surface area contributed by atoms with E-state index in [1.807, 2.05) is 32.9 Å². The summed E-state index contributed by atoms with van der Waals surface area (Å²) in [5.74, 6) is 0.919. The lowest BCUT2D eigenvalue weighted by atomic mass is 10.2. The second kappa shape index (κ2) is 5.30. The second-order valence-corrected chi connectivity index (χ2v) is 5.77. The maximum atomic E-state index is 11.8. The zero-order chi connectivity index (χ0) is 13.1. The van der Waals surface area contributed by atoms with Crippen molar-refractivity contribution < 1.29 is 4.79 Å². The SMILES string of the molecule is Cc1ccc(CNC(=O)c2n[nH]c(C(C)C)n2)s1. The van der Waals surface area contributed by atoms with Crippen LogP contribution in [0.25, 0.3) is 0 Å². The van der Waals surface area contributed by atoms with E-state index in [1.54, 1.807) is 11.3 Å². The van der Waals surface area contributed by atoms with Gasteiger partial charge >= 0.3 is 0 Å². The predicted molar refractivity (Wildman–Crippen MR) is 70.7 cm³/mol. The molecule has 96 valence electrons. The molecule has 0 bridgehead atoms. The van der Waals surface area contributed by atoms with Crippen LogP contribution < -0.4 is 5.32 Å². The minimum atomic E-state index is -0.246. The molecule has 0 saturated carbocycles. The van der Waals surface area contributed by atoms with E-state index in [0.29, 0.717) is 6.54 Å². The Bertz CT molecular complexity index is 544. The molecule has 5 nitrogen and oxygen atoms in total. The van der Waals surface area contributed by atoms with Gasteiger partial charge in [-0.2, -0.15) is 0 Å². The van der Waals surface area contributed by atoms with E-state index in [9.17, 15) is 4.79 Å². The maximum absolute atomic E-state index is 11.8. The molecule has 0 spiro atoms. The average Bonchev–Trinajstić information content (AvgIpc) is 2.94. The van der Waals surface area contributed by atoms with Crippen molar-refractivity contribution in [2.24, 2.45) is 0 Å². The number of hydrogen-bond donors (Lipinski definition) is 2. The molecular formula is C12H16N4OS.